The molecule has 2 aromatic carbocycles. The lowest BCUT2D eigenvalue weighted by atomic mass is 10.2. The smallest absolute Gasteiger partial charge is 0.376 e. The van der Waals surface area contributed by atoms with Gasteiger partial charge in [0.05, 0.1) is 35.3 Å². The molecule has 3 rings (SSSR count). The summed E-state index contributed by atoms with van der Waals surface area (Å²) in [7, 11) is 0. The molecule has 0 saturated heterocycles. The van der Waals surface area contributed by atoms with E-state index in [1.807, 2.05) is 0 Å². The fraction of sp³-hybridized carbons (Fsp3) is 0.150. The number of nitrogens with zero attached hydrogens (tertiary/aromatic N) is 3. The van der Waals surface area contributed by atoms with Gasteiger partial charge in [0.15, 0.2) is 0 Å². The van der Waals surface area contributed by atoms with Gasteiger partial charge in [-0.15, -0.1) is 0 Å². The van der Waals surface area contributed by atoms with Gasteiger partial charge in [-0.25, -0.2) is 14.5 Å². The maximum Gasteiger partial charge on any atom is 0.416 e. The number of halogens is 5. The Bertz CT molecular complexity index is 1110. The molecule has 1 aromatic heterocycles. The summed E-state index contributed by atoms with van der Waals surface area (Å²) in [6.07, 6.45) is -3.17. The molecule has 2 N–H and O–H groups in total. The first-order valence-electron chi connectivity index (χ1n) is 8.89. The summed E-state index contributed by atoms with van der Waals surface area (Å²) in [6.45, 7) is 1.39. The summed E-state index contributed by atoms with van der Waals surface area (Å²) in [5.74, 6) is -0.972. The van der Waals surface area contributed by atoms with E-state index >= 15 is 0 Å². The Morgan fingerprint density at radius 2 is 1.94 bits per heavy atom. The van der Waals surface area contributed by atoms with Crippen LogP contribution in [0.5, 0.6) is 0 Å². The van der Waals surface area contributed by atoms with Crippen LogP contribution in [-0.4, -0.2) is 28.4 Å². The maximum atomic E-state index is 13.1. The van der Waals surface area contributed by atoms with Crippen molar-refractivity contribution in [2.45, 2.75) is 13.1 Å². The minimum atomic E-state index is -4.47. The van der Waals surface area contributed by atoms with Crippen LogP contribution in [0.2, 0.25) is 5.15 Å². The van der Waals surface area contributed by atoms with Crippen molar-refractivity contribution in [1.82, 2.24) is 15.2 Å². The molecular weight excluding hydrogens is 438 g/mol. The molecule has 0 fully saturated rings. The normalized spacial score (nSPS) is 11.7. The van der Waals surface area contributed by atoms with Crippen molar-refractivity contribution in [2.24, 2.45) is 5.10 Å². The third-order valence-corrected chi connectivity index (χ3v) is 4.51. The van der Waals surface area contributed by atoms with E-state index in [4.69, 9.17) is 11.6 Å². The summed E-state index contributed by atoms with van der Waals surface area (Å²) in [5, 5.41) is 10.9. The van der Waals surface area contributed by atoms with Crippen LogP contribution in [0.3, 0.4) is 0 Å². The zero-order valence-electron chi connectivity index (χ0n) is 16.0. The van der Waals surface area contributed by atoms with Gasteiger partial charge in [0.1, 0.15) is 11.0 Å². The summed E-state index contributed by atoms with van der Waals surface area (Å²) in [5.41, 5.74) is 3.09. The van der Waals surface area contributed by atoms with Crippen molar-refractivity contribution in [3.05, 3.63) is 76.3 Å². The standard InChI is InChI=1S/C20H16ClF4N5O/c1-12-17(19(21)30(29-12)16-7-5-14(22)6-8-16)10-27-28-18(31)11-26-15-4-2-3-13(9-15)20(23,24)25/h2-10,26H,11H2,1H3,(H,28,31)/b27-10-. The summed E-state index contributed by atoms with van der Waals surface area (Å²) < 4.78 is 52.7. The van der Waals surface area contributed by atoms with Gasteiger partial charge in [-0.05, 0) is 49.4 Å². The predicted octanol–water partition coefficient (Wildman–Crippen LogP) is 4.55. The molecule has 0 saturated carbocycles. The van der Waals surface area contributed by atoms with Crippen LogP contribution in [0.1, 0.15) is 16.8 Å². The number of nitrogens with one attached hydrogen (secondary N) is 2. The van der Waals surface area contributed by atoms with Gasteiger partial charge in [0.2, 0.25) is 0 Å². The number of alkyl halides is 3. The van der Waals surface area contributed by atoms with Crippen molar-refractivity contribution in [2.75, 3.05) is 11.9 Å². The Kier molecular flexibility index (Phi) is 6.59. The largest absolute Gasteiger partial charge is 0.416 e. The molecule has 0 spiro atoms. The SMILES string of the molecule is Cc1nn(-c2ccc(F)cc2)c(Cl)c1/C=N\NC(=O)CNc1cccc(C(F)(F)F)c1. The molecule has 31 heavy (non-hydrogen) atoms. The van der Waals surface area contributed by atoms with E-state index in [1.54, 1.807) is 6.92 Å². The van der Waals surface area contributed by atoms with E-state index < -0.39 is 23.5 Å². The molecule has 1 heterocycles. The molecule has 0 aliphatic rings. The third-order valence-electron chi connectivity index (χ3n) is 4.15. The Labute approximate surface area is 179 Å². The molecule has 0 unspecified atom stereocenters. The molecule has 11 heteroatoms. The highest BCUT2D eigenvalue weighted by atomic mass is 35.5. The van der Waals surface area contributed by atoms with E-state index in [1.165, 1.54) is 47.3 Å². The highest BCUT2D eigenvalue weighted by Gasteiger charge is 2.30. The zero-order chi connectivity index (χ0) is 22.6. The second kappa shape index (κ2) is 9.17. The molecule has 0 aliphatic heterocycles. The second-order valence-electron chi connectivity index (χ2n) is 6.40. The topological polar surface area (TPSA) is 71.3 Å². The zero-order valence-corrected chi connectivity index (χ0v) is 16.8. The highest BCUT2D eigenvalue weighted by molar-refractivity contribution is 6.32. The molecule has 6 nitrogen and oxygen atoms in total. The van der Waals surface area contributed by atoms with E-state index in [0.717, 1.165) is 12.1 Å². The number of amides is 1. The van der Waals surface area contributed by atoms with Gasteiger partial charge in [-0.3, -0.25) is 4.79 Å². The van der Waals surface area contributed by atoms with E-state index in [2.05, 4.69) is 20.9 Å². The van der Waals surface area contributed by atoms with Gasteiger partial charge < -0.3 is 5.32 Å². The third kappa shape index (κ3) is 5.60. The summed E-state index contributed by atoms with van der Waals surface area (Å²) in [6, 6.07) is 10.1. The highest BCUT2D eigenvalue weighted by Crippen LogP contribution is 2.30. The molecular formula is C20H16ClF4N5O. The molecule has 1 amide bonds. The fourth-order valence-corrected chi connectivity index (χ4v) is 2.93. The van der Waals surface area contributed by atoms with Crippen molar-refractivity contribution in [3.8, 4) is 5.69 Å². The fourth-order valence-electron chi connectivity index (χ4n) is 2.61. The first kappa shape index (κ1) is 22.3. The number of hydrogen-bond acceptors (Lipinski definition) is 4. The second-order valence-corrected chi connectivity index (χ2v) is 6.76. The number of benzene rings is 2. The Hall–Kier alpha value is -3.40. The number of rotatable bonds is 6. The van der Waals surface area contributed by atoms with Gasteiger partial charge in [0.25, 0.3) is 5.91 Å². The predicted molar refractivity (Wildman–Crippen MR) is 109 cm³/mol. The number of anilines is 1. The monoisotopic (exact) mass is 453 g/mol. The lowest BCUT2D eigenvalue weighted by Crippen LogP contribution is -2.26. The Balaban J connectivity index is 1.61. The average Bonchev–Trinajstić information content (AvgIpc) is 3.01. The van der Waals surface area contributed by atoms with Crippen LogP contribution < -0.4 is 10.7 Å². The van der Waals surface area contributed by atoms with E-state index in [-0.39, 0.29) is 17.4 Å². The number of aryl methyl sites for hydroxylation is 1. The van der Waals surface area contributed by atoms with Crippen molar-refractivity contribution < 1.29 is 22.4 Å². The van der Waals surface area contributed by atoms with Gasteiger partial charge in [0, 0.05) is 5.69 Å². The molecule has 0 radical (unpaired) electrons. The van der Waals surface area contributed by atoms with Gasteiger partial charge >= 0.3 is 6.18 Å². The molecule has 0 atom stereocenters. The van der Waals surface area contributed by atoms with Crippen LogP contribution in [0, 0.1) is 12.7 Å². The number of carbonyl (C=O) groups is 1. The number of carbonyl (C=O) groups excluding carboxylic acids is 1. The van der Waals surface area contributed by atoms with Crippen LogP contribution >= 0.6 is 11.6 Å². The van der Waals surface area contributed by atoms with Crippen molar-refractivity contribution in [3.63, 3.8) is 0 Å². The first-order valence-corrected chi connectivity index (χ1v) is 9.27. The lowest BCUT2D eigenvalue weighted by Gasteiger charge is -2.10. The summed E-state index contributed by atoms with van der Waals surface area (Å²) in [4.78, 5) is 11.9. The summed E-state index contributed by atoms with van der Waals surface area (Å²) >= 11 is 6.31. The number of aromatic nitrogens is 2. The quantitative estimate of drug-likeness (QED) is 0.327. The minimum absolute atomic E-state index is 0.147. The lowest BCUT2D eigenvalue weighted by molar-refractivity contribution is -0.137. The number of hydrazone groups is 1. The van der Waals surface area contributed by atoms with E-state index in [0.29, 0.717) is 16.9 Å². The first-order chi connectivity index (χ1) is 14.6. The Morgan fingerprint density at radius 3 is 2.61 bits per heavy atom. The Morgan fingerprint density at radius 1 is 1.23 bits per heavy atom. The molecule has 162 valence electrons. The van der Waals surface area contributed by atoms with Gasteiger partial charge in [-0.1, -0.05) is 17.7 Å². The minimum Gasteiger partial charge on any atom is -0.376 e. The number of hydrogen-bond donors (Lipinski definition) is 2. The van der Waals surface area contributed by atoms with Gasteiger partial charge in [-0.2, -0.15) is 23.4 Å². The van der Waals surface area contributed by atoms with Crippen LogP contribution in [0.25, 0.3) is 5.69 Å². The molecule has 0 bridgehead atoms. The van der Waals surface area contributed by atoms with Crippen molar-refractivity contribution >= 4 is 29.4 Å². The van der Waals surface area contributed by atoms with Crippen LogP contribution in [-0.2, 0) is 11.0 Å². The molecule has 3 aromatic rings. The maximum absolute atomic E-state index is 13.1. The molecule has 0 aliphatic carbocycles. The average molecular weight is 454 g/mol. The van der Waals surface area contributed by atoms with E-state index in [9.17, 15) is 22.4 Å². The van der Waals surface area contributed by atoms with Crippen LogP contribution in [0.4, 0.5) is 23.2 Å². The van der Waals surface area contributed by atoms with Crippen molar-refractivity contribution in [1.29, 1.82) is 0 Å². The van der Waals surface area contributed by atoms with Crippen LogP contribution in [0.15, 0.2) is 53.6 Å².